The molecule has 3 heterocycles. The predicted molar refractivity (Wildman–Crippen MR) is 121 cm³/mol. The molecule has 0 bridgehead atoms. The van der Waals surface area contributed by atoms with Gasteiger partial charge in [0.2, 0.25) is 0 Å². The van der Waals surface area contributed by atoms with Crippen LogP contribution in [0.4, 0.5) is 0 Å². The van der Waals surface area contributed by atoms with Gasteiger partial charge in [0, 0.05) is 17.5 Å². The maximum absolute atomic E-state index is 13.1. The molecule has 1 atom stereocenters. The SMILES string of the molecule is CC(NC(=O)c1ccccc1CSc1nc2ccccc2[nH]1)c1nnc2ccccn12. The first-order valence-electron chi connectivity index (χ1n) is 9.95. The summed E-state index contributed by atoms with van der Waals surface area (Å²) in [7, 11) is 0. The summed E-state index contributed by atoms with van der Waals surface area (Å²) in [6, 6.07) is 21.0. The Morgan fingerprint density at radius 2 is 1.87 bits per heavy atom. The molecule has 0 spiro atoms. The normalized spacial score (nSPS) is 12.3. The monoisotopic (exact) mass is 428 g/mol. The van der Waals surface area contributed by atoms with Gasteiger partial charge in [-0.2, -0.15) is 0 Å². The van der Waals surface area contributed by atoms with Gasteiger partial charge in [0.05, 0.1) is 17.1 Å². The number of rotatable bonds is 6. The van der Waals surface area contributed by atoms with E-state index in [1.54, 1.807) is 11.8 Å². The standard InChI is InChI=1S/C23H20N6OS/c1-15(21-28-27-20-12-6-7-13-29(20)21)24-22(30)17-9-3-2-8-16(17)14-31-23-25-18-10-4-5-11-19(18)26-23/h2-13,15H,14H2,1H3,(H,24,30)(H,25,26). The van der Waals surface area contributed by atoms with Crippen molar-refractivity contribution in [2.75, 3.05) is 0 Å². The fourth-order valence-corrected chi connectivity index (χ4v) is 4.39. The van der Waals surface area contributed by atoms with E-state index in [1.807, 2.05) is 84.3 Å². The molecule has 0 aliphatic heterocycles. The van der Waals surface area contributed by atoms with Crippen molar-refractivity contribution in [3.63, 3.8) is 0 Å². The van der Waals surface area contributed by atoms with Crippen molar-refractivity contribution in [1.29, 1.82) is 0 Å². The molecule has 5 rings (SSSR count). The highest BCUT2D eigenvalue weighted by Crippen LogP contribution is 2.25. The minimum absolute atomic E-state index is 0.138. The van der Waals surface area contributed by atoms with Gasteiger partial charge in [-0.25, -0.2) is 4.98 Å². The Morgan fingerprint density at radius 3 is 2.77 bits per heavy atom. The number of hydrogen-bond donors (Lipinski definition) is 2. The second-order valence-corrected chi connectivity index (χ2v) is 8.15. The van der Waals surface area contributed by atoms with E-state index in [0.717, 1.165) is 27.4 Å². The number of nitrogens with one attached hydrogen (secondary N) is 2. The van der Waals surface area contributed by atoms with Crippen LogP contribution in [0.2, 0.25) is 0 Å². The summed E-state index contributed by atoms with van der Waals surface area (Å²) < 4.78 is 1.88. The van der Waals surface area contributed by atoms with E-state index in [4.69, 9.17) is 0 Å². The van der Waals surface area contributed by atoms with Crippen molar-refractivity contribution in [3.8, 4) is 0 Å². The number of amides is 1. The largest absolute Gasteiger partial charge is 0.342 e. The zero-order chi connectivity index (χ0) is 21.2. The van der Waals surface area contributed by atoms with E-state index in [9.17, 15) is 4.79 Å². The number of fused-ring (bicyclic) bond motifs is 2. The molecular weight excluding hydrogens is 408 g/mol. The van der Waals surface area contributed by atoms with Crippen molar-refractivity contribution in [3.05, 3.63) is 89.9 Å². The average molecular weight is 429 g/mol. The van der Waals surface area contributed by atoms with E-state index >= 15 is 0 Å². The molecule has 3 aromatic heterocycles. The zero-order valence-electron chi connectivity index (χ0n) is 16.8. The summed E-state index contributed by atoms with van der Waals surface area (Å²) >= 11 is 1.58. The molecule has 0 saturated heterocycles. The lowest BCUT2D eigenvalue weighted by Crippen LogP contribution is -2.28. The molecule has 31 heavy (non-hydrogen) atoms. The Morgan fingerprint density at radius 1 is 1.06 bits per heavy atom. The third-order valence-corrected chi connectivity index (χ3v) is 5.99. The quantitative estimate of drug-likeness (QED) is 0.392. The highest BCUT2D eigenvalue weighted by molar-refractivity contribution is 7.98. The Balaban J connectivity index is 1.32. The molecule has 0 saturated carbocycles. The number of para-hydroxylation sites is 2. The number of benzene rings is 2. The third kappa shape index (κ3) is 3.89. The molecular formula is C23H20N6OS. The summed E-state index contributed by atoms with van der Waals surface area (Å²) in [5.41, 5.74) is 4.28. The number of carbonyl (C=O) groups is 1. The Hall–Kier alpha value is -3.65. The van der Waals surface area contributed by atoms with Crippen molar-refractivity contribution in [2.45, 2.75) is 23.9 Å². The summed E-state index contributed by atoms with van der Waals surface area (Å²) in [4.78, 5) is 21.0. The predicted octanol–water partition coefficient (Wildman–Crippen LogP) is 4.39. The average Bonchev–Trinajstić information content (AvgIpc) is 3.41. The fraction of sp³-hybridized carbons (Fsp3) is 0.130. The van der Waals surface area contributed by atoms with Crippen molar-refractivity contribution >= 4 is 34.3 Å². The number of carbonyl (C=O) groups excluding carboxylic acids is 1. The van der Waals surface area contributed by atoms with Crippen LogP contribution in [0.5, 0.6) is 0 Å². The van der Waals surface area contributed by atoms with E-state index < -0.39 is 0 Å². The number of pyridine rings is 1. The summed E-state index contributed by atoms with van der Waals surface area (Å²) in [5, 5.41) is 12.3. The molecule has 154 valence electrons. The van der Waals surface area contributed by atoms with Crippen LogP contribution in [0.25, 0.3) is 16.7 Å². The summed E-state index contributed by atoms with van der Waals surface area (Å²) in [5.74, 6) is 1.19. The molecule has 5 aromatic rings. The Labute approximate surface area is 182 Å². The van der Waals surface area contributed by atoms with Gasteiger partial charge in [-0.15, -0.1) is 10.2 Å². The van der Waals surface area contributed by atoms with E-state index in [-0.39, 0.29) is 11.9 Å². The van der Waals surface area contributed by atoms with Crippen LogP contribution in [-0.4, -0.2) is 30.5 Å². The lowest BCUT2D eigenvalue weighted by molar-refractivity contribution is 0.0937. The molecule has 0 aliphatic rings. The van der Waals surface area contributed by atoms with Gasteiger partial charge < -0.3 is 10.3 Å². The molecule has 8 heteroatoms. The van der Waals surface area contributed by atoms with Crippen molar-refractivity contribution in [1.82, 2.24) is 29.9 Å². The van der Waals surface area contributed by atoms with Gasteiger partial charge >= 0.3 is 0 Å². The smallest absolute Gasteiger partial charge is 0.252 e. The number of aromatic nitrogens is 5. The van der Waals surface area contributed by atoms with Crippen LogP contribution >= 0.6 is 11.8 Å². The summed E-state index contributed by atoms with van der Waals surface area (Å²) in [6.07, 6.45) is 1.89. The highest BCUT2D eigenvalue weighted by Gasteiger charge is 2.18. The Kier molecular flexibility index (Phi) is 5.13. The molecule has 1 unspecified atom stereocenters. The third-order valence-electron chi connectivity index (χ3n) is 5.07. The molecule has 2 N–H and O–H groups in total. The molecule has 0 radical (unpaired) electrons. The van der Waals surface area contributed by atoms with Gasteiger partial charge in [-0.3, -0.25) is 9.20 Å². The second-order valence-electron chi connectivity index (χ2n) is 7.19. The van der Waals surface area contributed by atoms with Crippen LogP contribution in [0.1, 0.15) is 34.7 Å². The molecule has 0 fully saturated rings. The maximum atomic E-state index is 13.1. The van der Waals surface area contributed by atoms with Crippen LogP contribution in [0.15, 0.2) is 78.1 Å². The van der Waals surface area contributed by atoms with Crippen LogP contribution in [-0.2, 0) is 5.75 Å². The minimum atomic E-state index is -0.291. The van der Waals surface area contributed by atoms with Crippen molar-refractivity contribution in [2.24, 2.45) is 0 Å². The van der Waals surface area contributed by atoms with Gasteiger partial charge in [-0.1, -0.05) is 48.2 Å². The topological polar surface area (TPSA) is 88.0 Å². The molecule has 0 aliphatic carbocycles. The van der Waals surface area contributed by atoms with Crippen molar-refractivity contribution < 1.29 is 4.79 Å². The number of imidazole rings is 1. The Bertz CT molecular complexity index is 1340. The van der Waals surface area contributed by atoms with Gasteiger partial charge in [0.25, 0.3) is 5.91 Å². The lowest BCUT2D eigenvalue weighted by Gasteiger charge is -2.14. The lowest BCUT2D eigenvalue weighted by atomic mass is 10.1. The first-order chi connectivity index (χ1) is 15.2. The number of hydrogen-bond acceptors (Lipinski definition) is 5. The molecule has 1 amide bonds. The number of nitrogens with zero attached hydrogens (tertiary/aromatic N) is 4. The van der Waals surface area contributed by atoms with E-state index in [2.05, 4.69) is 25.5 Å². The van der Waals surface area contributed by atoms with Gasteiger partial charge in [-0.05, 0) is 42.8 Å². The number of thioether (sulfide) groups is 1. The first-order valence-corrected chi connectivity index (χ1v) is 10.9. The number of aromatic amines is 1. The second kappa shape index (κ2) is 8.23. The fourth-order valence-electron chi connectivity index (χ4n) is 3.51. The molecule has 7 nitrogen and oxygen atoms in total. The summed E-state index contributed by atoms with van der Waals surface area (Å²) in [6.45, 7) is 1.91. The number of H-pyrrole nitrogens is 1. The highest BCUT2D eigenvalue weighted by atomic mass is 32.2. The van der Waals surface area contributed by atoms with Crippen LogP contribution < -0.4 is 5.32 Å². The van der Waals surface area contributed by atoms with Gasteiger partial charge in [0.1, 0.15) is 0 Å². The maximum Gasteiger partial charge on any atom is 0.252 e. The zero-order valence-corrected chi connectivity index (χ0v) is 17.6. The first kappa shape index (κ1) is 19.3. The van der Waals surface area contributed by atoms with Gasteiger partial charge in [0.15, 0.2) is 16.6 Å². The van der Waals surface area contributed by atoms with Crippen LogP contribution in [0.3, 0.4) is 0 Å². The molecule has 2 aromatic carbocycles. The van der Waals surface area contributed by atoms with Crippen LogP contribution in [0, 0.1) is 0 Å². The minimum Gasteiger partial charge on any atom is -0.342 e. The van der Waals surface area contributed by atoms with E-state index in [1.165, 1.54) is 0 Å². The van der Waals surface area contributed by atoms with E-state index in [0.29, 0.717) is 17.1 Å².